The molecule has 0 aliphatic carbocycles. The molecular weight excluding hydrogens is 255 g/mol. The van der Waals surface area contributed by atoms with Crippen molar-refractivity contribution in [2.45, 2.75) is 39.2 Å². The third kappa shape index (κ3) is 5.26. The largest absolute Gasteiger partial charge is 0.271 e. The molecular formula is C13H20Cl2N2. The van der Waals surface area contributed by atoms with Gasteiger partial charge in [0.2, 0.25) is 0 Å². The number of nitrogens with one attached hydrogen (secondary N) is 1. The van der Waals surface area contributed by atoms with Gasteiger partial charge in [-0.1, -0.05) is 37.0 Å². The second kappa shape index (κ2) is 7.22. The molecule has 0 radical (unpaired) electrons. The van der Waals surface area contributed by atoms with Gasteiger partial charge in [-0.25, -0.2) is 0 Å². The van der Waals surface area contributed by atoms with Crippen molar-refractivity contribution >= 4 is 23.2 Å². The summed E-state index contributed by atoms with van der Waals surface area (Å²) in [6.07, 6.45) is 2.99. The minimum Gasteiger partial charge on any atom is -0.271 e. The van der Waals surface area contributed by atoms with Crippen molar-refractivity contribution in [3.63, 3.8) is 0 Å². The molecule has 1 unspecified atom stereocenters. The number of benzene rings is 1. The molecule has 0 saturated carbocycles. The zero-order valence-corrected chi connectivity index (χ0v) is 11.9. The van der Waals surface area contributed by atoms with E-state index >= 15 is 0 Å². The Labute approximate surface area is 113 Å². The molecule has 3 N–H and O–H groups in total. The Kier molecular flexibility index (Phi) is 6.28. The third-order valence-electron chi connectivity index (χ3n) is 2.80. The summed E-state index contributed by atoms with van der Waals surface area (Å²) in [5, 5.41) is 1.46. The molecule has 0 aromatic heterocycles. The van der Waals surface area contributed by atoms with Crippen LogP contribution in [0.1, 0.15) is 32.3 Å². The summed E-state index contributed by atoms with van der Waals surface area (Å²) < 4.78 is 0. The second-order valence-electron chi connectivity index (χ2n) is 4.77. The van der Waals surface area contributed by atoms with Crippen LogP contribution in [0.15, 0.2) is 18.2 Å². The van der Waals surface area contributed by atoms with Crippen molar-refractivity contribution in [3.8, 4) is 0 Å². The van der Waals surface area contributed by atoms with E-state index in [0.29, 0.717) is 10.9 Å². The molecule has 0 aliphatic rings. The van der Waals surface area contributed by atoms with Gasteiger partial charge in [-0.2, -0.15) is 0 Å². The Morgan fingerprint density at radius 1 is 1.24 bits per heavy atom. The lowest BCUT2D eigenvalue weighted by Gasteiger charge is -2.17. The predicted octanol–water partition coefficient (Wildman–Crippen LogP) is 3.80. The highest BCUT2D eigenvalue weighted by molar-refractivity contribution is 6.33. The summed E-state index contributed by atoms with van der Waals surface area (Å²) in [6, 6.07) is 5.78. The lowest BCUT2D eigenvalue weighted by Crippen LogP contribution is -2.37. The SMILES string of the molecule is CC(C)CCC(Cc1cc(Cl)ccc1Cl)NN. The van der Waals surface area contributed by atoms with Gasteiger partial charge >= 0.3 is 0 Å². The van der Waals surface area contributed by atoms with E-state index < -0.39 is 0 Å². The minimum atomic E-state index is 0.244. The summed E-state index contributed by atoms with van der Waals surface area (Å²) in [5.74, 6) is 6.25. The van der Waals surface area contributed by atoms with E-state index in [0.717, 1.165) is 29.8 Å². The van der Waals surface area contributed by atoms with E-state index in [1.807, 2.05) is 12.1 Å². The zero-order valence-electron chi connectivity index (χ0n) is 10.3. The highest BCUT2D eigenvalue weighted by Crippen LogP contribution is 2.23. The van der Waals surface area contributed by atoms with Gasteiger partial charge in [-0.05, 0) is 48.9 Å². The first kappa shape index (κ1) is 14.8. The van der Waals surface area contributed by atoms with E-state index in [9.17, 15) is 0 Å². The van der Waals surface area contributed by atoms with Gasteiger partial charge in [0.1, 0.15) is 0 Å². The normalized spacial score (nSPS) is 13.1. The highest BCUT2D eigenvalue weighted by atomic mass is 35.5. The van der Waals surface area contributed by atoms with E-state index in [2.05, 4.69) is 19.3 Å². The average Bonchev–Trinajstić information content (AvgIpc) is 2.28. The highest BCUT2D eigenvalue weighted by Gasteiger charge is 2.11. The maximum atomic E-state index is 6.13. The molecule has 0 amide bonds. The van der Waals surface area contributed by atoms with E-state index in [-0.39, 0.29) is 6.04 Å². The fourth-order valence-corrected chi connectivity index (χ4v) is 2.13. The number of halogens is 2. The molecule has 1 aromatic carbocycles. The van der Waals surface area contributed by atoms with Crippen molar-refractivity contribution in [3.05, 3.63) is 33.8 Å². The quantitative estimate of drug-likeness (QED) is 0.612. The Hall–Kier alpha value is -0.280. The molecule has 1 atom stereocenters. The summed E-state index contributed by atoms with van der Waals surface area (Å²) in [4.78, 5) is 0. The molecule has 1 rings (SSSR count). The zero-order chi connectivity index (χ0) is 12.8. The number of rotatable bonds is 6. The van der Waals surface area contributed by atoms with Crippen molar-refractivity contribution in [2.24, 2.45) is 11.8 Å². The van der Waals surface area contributed by atoms with E-state index in [4.69, 9.17) is 29.0 Å². The van der Waals surface area contributed by atoms with Crippen molar-refractivity contribution in [2.75, 3.05) is 0 Å². The van der Waals surface area contributed by atoms with Gasteiger partial charge in [0.05, 0.1) is 0 Å². The molecule has 1 aromatic rings. The Morgan fingerprint density at radius 3 is 2.53 bits per heavy atom. The summed E-state index contributed by atoms with van der Waals surface area (Å²) in [6.45, 7) is 4.42. The van der Waals surface area contributed by atoms with Crippen LogP contribution in [0.3, 0.4) is 0 Å². The molecule has 4 heteroatoms. The molecule has 0 aliphatic heterocycles. The number of hydrogen-bond donors (Lipinski definition) is 2. The first-order chi connectivity index (χ1) is 8.02. The first-order valence-electron chi connectivity index (χ1n) is 5.93. The minimum absolute atomic E-state index is 0.244. The van der Waals surface area contributed by atoms with Gasteiger partial charge in [0.15, 0.2) is 0 Å². The Morgan fingerprint density at radius 2 is 1.94 bits per heavy atom. The molecule has 2 nitrogen and oxygen atoms in total. The number of hydrazine groups is 1. The van der Waals surface area contributed by atoms with Crippen LogP contribution in [0.25, 0.3) is 0 Å². The second-order valence-corrected chi connectivity index (χ2v) is 5.62. The fourth-order valence-electron chi connectivity index (χ4n) is 1.74. The maximum absolute atomic E-state index is 6.13. The molecule has 0 bridgehead atoms. The fraction of sp³-hybridized carbons (Fsp3) is 0.538. The monoisotopic (exact) mass is 274 g/mol. The van der Waals surface area contributed by atoms with Crippen LogP contribution in [-0.4, -0.2) is 6.04 Å². The van der Waals surface area contributed by atoms with Gasteiger partial charge in [0.25, 0.3) is 0 Å². The van der Waals surface area contributed by atoms with Crippen LogP contribution in [0, 0.1) is 5.92 Å². The molecule has 96 valence electrons. The summed E-state index contributed by atoms with van der Waals surface area (Å²) in [5.41, 5.74) is 3.90. The smallest absolute Gasteiger partial charge is 0.0439 e. The summed E-state index contributed by atoms with van der Waals surface area (Å²) in [7, 11) is 0. The van der Waals surface area contributed by atoms with Gasteiger partial charge < -0.3 is 0 Å². The van der Waals surface area contributed by atoms with Crippen molar-refractivity contribution in [1.82, 2.24) is 5.43 Å². The van der Waals surface area contributed by atoms with Crippen molar-refractivity contribution in [1.29, 1.82) is 0 Å². The van der Waals surface area contributed by atoms with E-state index in [1.165, 1.54) is 0 Å². The Balaban J connectivity index is 2.63. The van der Waals surface area contributed by atoms with Crippen LogP contribution in [0.5, 0.6) is 0 Å². The average molecular weight is 275 g/mol. The molecule has 0 heterocycles. The van der Waals surface area contributed by atoms with Gasteiger partial charge in [-0.3, -0.25) is 11.3 Å². The van der Waals surface area contributed by atoms with Crippen molar-refractivity contribution < 1.29 is 0 Å². The topological polar surface area (TPSA) is 38.0 Å². The standard InChI is InChI=1S/C13H20Cl2N2/c1-9(2)3-5-12(17-16)8-10-7-11(14)4-6-13(10)15/h4,6-7,9,12,17H,3,5,8,16H2,1-2H3. The Bertz CT molecular complexity index is 353. The number of nitrogens with two attached hydrogens (primary N) is 1. The van der Waals surface area contributed by atoms with Crippen LogP contribution in [0.2, 0.25) is 10.0 Å². The molecule has 0 spiro atoms. The lowest BCUT2D eigenvalue weighted by atomic mass is 9.98. The van der Waals surface area contributed by atoms with Gasteiger partial charge in [-0.15, -0.1) is 0 Å². The van der Waals surface area contributed by atoms with Gasteiger partial charge in [0, 0.05) is 16.1 Å². The molecule has 0 fully saturated rings. The van der Waals surface area contributed by atoms with Crippen LogP contribution >= 0.6 is 23.2 Å². The van der Waals surface area contributed by atoms with Crippen LogP contribution in [-0.2, 0) is 6.42 Å². The molecule has 17 heavy (non-hydrogen) atoms. The molecule has 0 saturated heterocycles. The lowest BCUT2D eigenvalue weighted by molar-refractivity contribution is 0.434. The van der Waals surface area contributed by atoms with Crippen LogP contribution < -0.4 is 11.3 Å². The van der Waals surface area contributed by atoms with Crippen LogP contribution in [0.4, 0.5) is 0 Å². The number of hydrogen-bond acceptors (Lipinski definition) is 2. The predicted molar refractivity (Wildman–Crippen MR) is 75.3 cm³/mol. The summed E-state index contributed by atoms with van der Waals surface area (Å²) >= 11 is 12.1. The third-order valence-corrected chi connectivity index (χ3v) is 3.41. The maximum Gasteiger partial charge on any atom is 0.0439 e. The van der Waals surface area contributed by atoms with E-state index in [1.54, 1.807) is 6.07 Å². The first-order valence-corrected chi connectivity index (χ1v) is 6.68.